The van der Waals surface area contributed by atoms with Crippen LogP contribution in [-0.4, -0.2) is 7.11 Å². The second-order valence-electron chi connectivity index (χ2n) is 5.16. The number of aryl methyl sites for hydroxylation is 1. The third-order valence-corrected chi connectivity index (χ3v) is 4.09. The van der Waals surface area contributed by atoms with Crippen molar-refractivity contribution in [2.24, 2.45) is 5.41 Å². The van der Waals surface area contributed by atoms with Crippen molar-refractivity contribution in [2.75, 3.05) is 7.11 Å². The predicted molar refractivity (Wildman–Crippen MR) is 61.3 cm³/mol. The van der Waals surface area contributed by atoms with Crippen molar-refractivity contribution in [1.82, 2.24) is 0 Å². The predicted octanol–water partition coefficient (Wildman–Crippen LogP) is 3.35. The van der Waals surface area contributed by atoms with Crippen LogP contribution in [0.3, 0.4) is 0 Å². The van der Waals surface area contributed by atoms with Gasteiger partial charge >= 0.3 is 0 Å². The SMILES string of the molecule is COc1ccc2c(c1)CCCC1(CC1)C2. The van der Waals surface area contributed by atoms with E-state index in [0.717, 1.165) is 5.75 Å². The van der Waals surface area contributed by atoms with E-state index in [0.29, 0.717) is 5.41 Å². The first-order chi connectivity index (χ1) is 7.31. The molecule has 0 saturated heterocycles. The van der Waals surface area contributed by atoms with Gasteiger partial charge in [0.05, 0.1) is 7.11 Å². The van der Waals surface area contributed by atoms with E-state index in [-0.39, 0.29) is 0 Å². The summed E-state index contributed by atoms with van der Waals surface area (Å²) < 4.78 is 5.29. The van der Waals surface area contributed by atoms with Gasteiger partial charge in [-0.25, -0.2) is 0 Å². The van der Waals surface area contributed by atoms with Gasteiger partial charge in [-0.2, -0.15) is 0 Å². The third kappa shape index (κ3) is 1.64. The van der Waals surface area contributed by atoms with Crippen LogP contribution in [0.5, 0.6) is 5.75 Å². The number of ether oxygens (including phenoxy) is 1. The van der Waals surface area contributed by atoms with E-state index in [1.165, 1.54) is 44.1 Å². The van der Waals surface area contributed by atoms with E-state index >= 15 is 0 Å². The molecule has 1 nitrogen and oxygen atoms in total. The van der Waals surface area contributed by atoms with E-state index in [1.807, 2.05) is 0 Å². The molecule has 1 saturated carbocycles. The Kier molecular flexibility index (Phi) is 2.01. The minimum Gasteiger partial charge on any atom is -0.497 e. The highest BCUT2D eigenvalue weighted by Crippen LogP contribution is 2.54. The molecule has 0 N–H and O–H groups in total. The molecule has 80 valence electrons. The first-order valence-electron chi connectivity index (χ1n) is 5.97. The summed E-state index contributed by atoms with van der Waals surface area (Å²) in [4.78, 5) is 0. The van der Waals surface area contributed by atoms with Crippen LogP contribution in [0.15, 0.2) is 18.2 Å². The quantitative estimate of drug-likeness (QED) is 0.678. The van der Waals surface area contributed by atoms with Crippen LogP contribution >= 0.6 is 0 Å². The molecule has 0 amide bonds. The summed E-state index contributed by atoms with van der Waals surface area (Å²) in [6.45, 7) is 0. The maximum absolute atomic E-state index is 5.29. The van der Waals surface area contributed by atoms with Crippen LogP contribution in [0.2, 0.25) is 0 Å². The van der Waals surface area contributed by atoms with Crippen LogP contribution in [0.4, 0.5) is 0 Å². The molecule has 0 unspecified atom stereocenters. The second kappa shape index (κ2) is 3.26. The highest BCUT2D eigenvalue weighted by atomic mass is 16.5. The molecule has 0 aromatic heterocycles. The Bertz CT molecular complexity index is 377. The number of methoxy groups -OCH3 is 1. The van der Waals surface area contributed by atoms with Gasteiger partial charge in [0.2, 0.25) is 0 Å². The summed E-state index contributed by atoms with van der Waals surface area (Å²) in [7, 11) is 1.75. The maximum atomic E-state index is 5.29. The van der Waals surface area contributed by atoms with Crippen molar-refractivity contribution < 1.29 is 4.74 Å². The molecule has 0 bridgehead atoms. The molecule has 1 aromatic rings. The summed E-state index contributed by atoms with van der Waals surface area (Å²) in [5.41, 5.74) is 3.81. The molecule has 0 aliphatic heterocycles. The number of hydrogen-bond donors (Lipinski definition) is 0. The summed E-state index contributed by atoms with van der Waals surface area (Å²) in [5.74, 6) is 1.01. The Morgan fingerprint density at radius 2 is 2.00 bits per heavy atom. The van der Waals surface area contributed by atoms with Gasteiger partial charge in [0, 0.05) is 0 Å². The molecule has 1 heteroatoms. The van der Waals surface area contributed by atoms with Gasteiger partial charge in [-0.05, 0) is 67.2 Å². The molecule has 1 spiro atoms. The van der Waals surface area contributed by atoms with Gasteiger partial charge in [0.15, 0.2) is 0 Å². The number of rotatable bonds is 1. The zero-order chi connectivity index (χ0) is 10.3. The van der Waals surface area contributed by atoms with Crippen LogP contribution in [-0.2, 0) is 12.8 Å². The van der Waals surface area contributed by atoms with Crippen LogP contribution in [0, 0.1) is 5.41 Å². The highest BCUT2D eigenvalue weighted by Gasteiger charge is 2.43. The molecular formula is C14H18O. The third-order valence-electron chi connectivity index (χ3n) is 4.09. The Balaban J connectivity index is 1.95. The Labute approximate surface area is 91.5 Å². The van der Waals surface area contributed by atoms with Gasteiger partial charge in [0.25, 0.3) is 0 Å². The van der Waals surface area contributed by atoms with E-state index in [9.17, 15) is 0 Å². The Morgan fingerprint density at radius 1 is 1.13 bits per heavy atom. The van der Waals surface area contributed by atoms with Crippen LogP contribution < -0.4 is 4.74 Å². The topological polar surface area (TPSA) is 9.23 Å². The van der Waals surface area contributed by atoms with Crippen molar-refractivity contribution in [3.8, 4) is 5.75 Å². The molecule has 2 aliphatic rings. The molecule has 0 atom stereocenters. The summed E-state index contributed by atoms with van der Waals surface area (Å²) in [6.07, 6.45) is 8.27. The van der Waals surface area contributed by atoms with E-state index < -0.39 is 0 Å². The zero-order valence-corrected chi connectivity index (χ0v) is 9.38. The summed E-state index contributed by atoms with van der Waals surface area (Å²) in [5, 5.41) is 0. The van der Waals surface area contributed by atoms with Crippen molar-refractivity contribution in [2.45, 2.75) is 38.5 Å². The van der Waals surface area contributed by atoms with Gasteiger partial charge in [-0.15, -0.1) is 0 Å². The lowest BCUT2D eigenvalue weighted by atomic mass is 9.94. The molecule has 0 heterocycles. The largest absolute Gasteiger partial charge is 0.497 e. The second-order valence-corrected chi connectivity index (χ2v) is 5.16. The summed E-state index contributed by atoms with van der Waals surface area (Å²) in [6, 6.07) is 6.62. The van der Waals surface area contributed by atoms with Crippen molar-refractivity contribution >= 4 is 0 Å². The minimum absolute atomic E-state index is 0.708. The first-order valence-corrected chi connectivity index (χ1v) is 5.97. The number of benzene rings is 1. The van der Waals surface area contributed by atoms with Crippen molar-refractivity contribution in [3.05, 3.63) is 29.3 Å². The Hall–Kier alpha value is -0.980. The standard InChI is InChI=1S/C14H18O/c1-15-13-5-4-12-10-14(7-8-14)6-2-3-11(12)9-13/h4-5,9H,2-3,6-8,10H2,1H3. The first kappa shape index (κ1) is 9.26. The fourth-order valence-corrected chi connectivity index (χ4v) is 2.88. The fourth-order valence-electron chi connectivity index (χ4n) is 2.88. The molecular weight excluding hydrogens is 184 g/mol. The molecule has 2 aliphatic carbocycles. The van der Waals surface area contributed by atoms with E-state index in [2.05, 4.69) is 18.2 Å². The Morgan fingerprint density at radius 3 is 2.73 bits per heavy atom. The highest BCUT2D eigenvalue weighted by molar-refractivity contribution is 5.37. The average molecular weight is 202 g/mol. The smallest absolute Gasteiger partial charge is 0.119 e. The van der Waals surface area contributed by atoms with Gasteiger partial charge in [0.1, 0.15) is 5.75 Å². The lowest BCUT2D eigenvalue weighted by Crippen LogP contribution is -2.02. The summed E-state index contributed by atoms with van der Waals surface area (Å²) >= 11 is 0. The molecule has 1 aromatic carbocycles. The molecule has 0 radical (unpaired) electrons. The average Bonchev–Trinajstić information content (AvgIpc) is 3.03. The molecule has 3 rings (SSSR count). The van der Waals surface area contributed by atoms with Crippen LogP contribution in [0.1, 0.15) is 36.8 Å². The normalized spacial score (nSPS) is 21.9. The molecule has 1 fully saturated rings. The van der Waals surface area contributed by atoms with Crippen molar-refractivity contribution in [1.29, 1.82) is 0 Å². The maximum Gasteiger partial charge on any atom is 0.119 e. The van der Waals surface area contributed by atoms with Crippen molar-refractivity contribution in [3.63, 3.8) is 0 Å². The van der Waals surface area contributed by atoms with Crippen LogP contribution in [0.25, 0.3) is 0 Å². The fraction of sp³-hybridized carbons (Fsp3) is 0.571. The number of fused-ring (bicyclic) bond motifs is 1. The minimum atomic E-state index is 0.708. The number of hydrogen-bond acceptors (Lipinski definition) is 1. The lowest BCUT2D eigenvalue weighted by molar-refractivity contribution is 0.414. The zero-order valence-electron chi connectivity index (χ0n) is 9.38. The molecule has 15 heavy (non-hydrogen) atoms. The lowest BCUT2D eigenvalue weighted by Gasteiger charge is -2.12. The van der Waals surface area contributed by atoms with E-state index in [4.69, 9.17) is 4.74 Å². The van der Waals surface area contributed by atoms with Gasteiger partial charge < -0.3 is 4.74 Å². The monoisotopic (exact) mass is 202 g/mol. The van der Waals surface area contributed by atoms with Gasteiger partial charge in [-0.3, -0.25) is 0 Å². The van der Waals surface area contributed by atoms with Gasteiger partial charge in [-0.1, -0.05) is 6.07 Å². The van der Waals surface area contributed by atoms with E-state index in [1.54, 1.807) is 12.7 Å².